The average Bonchev–Trinajstić information content (AvgIpc) is 3.09. The Morgan fingerprint density at radius 3 is 2.77 bits per heavy atom. The van der Waals surface area contributed by atoms with Gasteiger partial charge in [0.25, 0.3) is 5.91 Å². The maximum atomic E-state index is 11.8. The molecule has 3 aromatic rings. The van der Waals surface area contributed by atoms with E-state index >= 15 is 0 Å². The predicted octanol–water partition coefficient (Wildman–Crippen LogP) is 4.55. The Labute approximate surface area is 159 Å². The molecule has 6 heteroatoms. The van der Waals surface area contributed by atoms with E-state index in [0.717, 1.165) is 21.4 Å². The molecule has 5 nitrogen and oxygen atoms in total. The van der Waals surface area contributed by atoms with E-state index in [2.05, 4.69) is 26.5 Å². The summed E-state index contributed by atoms with van der Waals surface area (Å²) in [6.07, 6.45) is 1.45. The van der Waals surface area contributed by atoms with Gasteiger partial charge in [0.1, 0.15) is 17.3 Å². The lowest BCUT2D eigenvalue weighted by Gasteiger charge is -2.05. The third-order valence-electron chi connectivity index (χ3n) is 3.50. The van der Waals surface area contributed by atoms with Crippen LogP contribution in [0.4, 0.5) is 0 Å². The van der Waals surface area contributed by atoms with Crippen LogP contribution in [0.2, 0.25) is 0 Å². The molecule has 0 aliphatic heterocycles. The van der Waals surface area contributed by atoms with Crippen molar-refractivity contribution in [3.8, 4) is 17.1 Å². The van der Waals surface area contributed by atoms with Crippen molar-refractivity contribution in [2.45, 2.75) is 6.92 Å². The second-order valence-corrected chi connectivity index (χ2v) is 6.52. The summed E-state index contributed by atoms with van der Waals surface area (Å²) >= 11 is 3.40. The van der Waals surface area contributed by atoms with Gasteiger partial charge < -0.3 is 9.15 Å². The highest BCUT2D eigenvalue weighted by atomic mass is 79.9. The van der Waals surface area contributed by atoms with Gasteiger partial charge in [-0.05, 0) is 48.9 Å². The Balaban J connectivity index is 1.50. The van der Waals surface area contributed by atoms with Crippen LogP contribution in [-0.4, -0.2) is 18.7 Å². The molecule has 1 aromatic heterocycles. The fraction of sp³-hybridized carbons (Fsp3) is 0.100. The Bertz CT molecular complexity index is 917. The Morgan fingerprint density at radius 1 is 1.19 bits per heavy atom. The van der Waals surface area contributed by atoms with Crippen LogP contribution in [0.5, 0.6) is 5.75 Å². The second-order valence-electron chi connectivity index (χ2n) is 5.61. The molecule has 0 saturated carbocycles. The van der Waals surface area contributed by atoms with E-state index in [9.17, 15) is 4.79 Å². The summed E-state index contributed by atoms with van der Waals surface area (Å²) in [5, 5.41) is 3.89. The lowest BCUT2D eigenvalue weighted by Crippen LogP contribution is -2.24. The number of aryl methyl sites for hydroxylation is 1. The van der Waals surface area contributed by atoms with Gasteiger partial charge in [-0.3, -0.25) is 4.79 Å². The highest BCUT2D eigenvalue weighted by molar-refractivity contribution is 9.10. The van der Waals surface area contributed by atoms with E-state index in [1.807, 2.05) is 55.5 Å². The first-order valence-corrected chi connectivity index (χ1v) is 8.76. The van der Waals surface area contributed by atoms with Crippen LogP contribution in [-0.2, 0) is 4.79 Å². The van der Waals surface area contributed by atoms with E-state index < -0.39 is 0 Å². The van der Waals surface area contributed by atoms with Crippen molar-refractivity contribution < 1.29 is 13.9 Å². The largest absolute Gasteiger partial charge is 0.484 e. The van der Waals surface area contributed by atoms with Crippen molar-refractivity contribution in [1.29, 1.82) is 0 Å². The van der Waals surface area contributed by atoms with Crippen molar-refractivity contribution in [1.82, 2.24) is 5.43 Å². The summed E-state index contributed by atoms with van der Waals surface area (Å²) in [7, 11) is 0. The molecule has 1 amide bonds. The maximum absolute atomic E-state index is 11.8. The maximum Gasteiger partial charge on any atom is 0.277 e. The van der Waals surface area contributed by atoms with Crippen LogP contribution in [0.1, 0.15) is 11.3 Å². The predicted molar refractivity (Wildman–Crippen MR) is 104 cm³/mol. The number of carbonyl (C=O) groups excluding carboxylic acids is 1. The number of nitrogens with zero attached hydrogens (tertiary/aromatic N) is 1. The van der Waals surface area contributed by atoms with E-state index in [4.69, 9.17) is 9.15 Å². The highest BCUT2D eigenvalue weighted by Crippen LogP contribution is 2.23. The van der Waals surface area contributed by atoms with Crippen molar-refractivity contribution in [2.24, 2.45) is 5.10 Å². The monoisotopic (exact) mass is 412 g/mol. The normalized spacial score (nSPS) is 10.8. The standard InChI is InChI=1S/C20H17BrN2O3/c1-14-3-2-4-17(11-14)25-13-20(24)23-22-12-18-9-10-19(26-18)15-5-7-16(21)8-6-15/h2-12H,13H2,1H3,(H,23,24). The molecule has 0 fully saturated rings. The van der Waals surface area contributed by atoms with Crippen LogP contribution in [0, 0.1) is 6.92 Å². The topological polar surface area (TPSA) is 63.8 Å². The molecule has 0 atom stereocenters. The van der Waals surface area contributed by atoms with Crippen LogP contribution in [0.15, 0.2) is 74.7 Å². The summed E-state index contributed by atoms with van der Waals surface area (Å²) < 4.78 is 12.1. The smallest absolute Gasteiger partial charge is 0.277 e. The number of halogens is 1. The molecule has 0 radical (unpaired) electrons. The van der Waals surface area contributed by atoms with Gasteiger partial charge in [0, 0.05) is 10.0 Å². The van der Waals surface area contributed by atoms with Crippen LogP contribution < -0.4 is 10.2 Å². The number of ether oxygens (including phenoxy) is 1. The number of hydrazone groups is 1. The van der Waals surface area contributed by atoms with Gasteiger partial charge in [-0.1, -0.05) is 40.2 Å². The fourth-order valence-electron chi connectivity index (χ4n) is 2.25. The van der Waals surface area contributed by atoms with Gasteiger partial charge in [-0.2, -0.15) is 5.10 Å². The van der Waals surface area contributed by atoms with E-state index in [-0.39, 0.29) is 12.5 Å². The first-order chi connectivity index (χ1) is 12.6. The van der Waals surface area contributed by atoms with Gasteiger partial charge >= 0.3 is 0 Å². The summed E-state index contributed by atoms with van der Waals surface area (Å²) in [6.45, 7) is 1.85. The van der Waals surface area contributed by atoms with Gasteiger partial charge in [0.05, 0.1) is 6.21 Å². The van der Waals surface area contributed by atoms with Crippen molar-refractivity contribution >= 4 is 28.1 Å². The molecular weight excluding hydrogens is 396 g/mol. The van der Waals surface area contributed by atoms with Crippen molar-refractivity contribution in [2.75, 3.05) is 6.61 Å². The summed E-state index contributed by atoms with van der Waals surface area (Å²) in [6, 6.07) is 18.9. The Morgan fingerprint density at radius 2 is 2.00 bits per heavy atom. The van der Waals surface area contributed by atoms with Gasteiger partial charge in [-0.25, -0.2) is 5.43 Å². The molecule has 0 aliphatic rings. The van der Waals surface area contributed by atoms with Crippen LogP contribution in [0.3, 0.4) is 0 Å². The number of amides is 1. The van der Waals surface area contributed by atoms with Crippen LogP contribution >= 0.6 is 15.9 Å². The number of nitrogens with one attached hydrogen (secondary N) is 1. The molecule has 2 aromatic carbocycles. The molecule has 1 heterocycles. The quantitative estimate of drug-likeness (QED) is 0.477. The first-order valence-electron chi connectivity index (χ1n) is 7.97. The lowest BCUT2D eigenvalue weighted by atomic mass is 10.2. The molecule has 0 aliphatic carbocycles. The number of carbonyl (C=O) groups is 1. The molecule has 26 heavy (non-hydrogen) atoms. The molecule has 0 bridgehead atoms. The molecule has 0 unspecified atom stereocenters. The molecule has 3 rings (SSSR count). The van der Waals surface area contributed by atoms with Crippen LogP contribution in [0.25, 0.3) is 11.3 Å². The van der Waals surface area contributed by atoms with Crippen molar-refractivity contribution in [3.63, 3.8) is 0 Å². The molecule has 132 valence electrons. The van der Waals surface area contributed by atoms with Gasteiger partial charge in [0.15, 0.2) is 6.61 Å². The van der Waals surface area contributed by atoms with E-state index in [0.29, 0.717) is 11.5 Å². The SMILES string of the molecule is Cc1cccc(OCC(=O)NN=Cc2ccc(-c3ccc(Br)cc3)o2)c1. The van der Waals surface area contributed by atoms with Gasteiger partial charge in [0.2, 0.25) is 0 Å². The lowest BCUT2D eigenvalue weighted by molar-refractivity contribution is -0.123. The van der Waals surface area contributed by atoms with Crippen molar-refractivity contribution in [3.05, 3.63) is 76.5 Å². The molecule has 1 N–H and O–H groups in total. The summed E-state index contributed by atoms with van der Waals surface area (Å²) in [4.78, 5) is 11.8. The number of benzene rings is 2. The zero-order valence-corrected chi connectivity index (χ0v) is 15.7. The number of hydrogen-bond donors (Lipinski definition) is 1. The van der Waals surface area contributed by atoms with E-state index in [1.165, 1.54) is 6.21 Å². The minimum atomic E-state index is -0.345. The Hall–Kier alpha value is -2.86. The third kappa shape index (κ3) is 5.07. The third-order valence-corrected chi connectivity index (χ3v) is 4.02. The average molecular weight is 413 g/mol. The first kappa shape index (κ1) is 17.9. The minimum absolute atomic E-state index is 0.108. The number of rotatable bonds is 6. The van der Waals surface area contributed by atoms with Gasteiger partial charge in [-0.15, -0.1) is 0 Å². The molecular formula is C20H17BrN2O3. The Kier molecular flexibility index (Phi) is 5.86. The molecule has 0 spiro atoms. The highest BCUT2D eigenvalue weighted by Gasteiger charge is 2.04. The fourth-order valence-corrected chi connectivity index (χ4v) is 2.51. The summed E-state index contributed by atoms with van der Waals surface area (Å²) in [5.41, 5.74) is 4.44. The number of furan rings is 1. The zero-order chi connectivity index (χ0) is 18.4. The van der Waals surface area contributed by atoms with E-state index in [1.54, 1.807) is 12.1 Å². The second kappa shape index (κ2) is 8.49. The minimum Gasteiger partial charge on any atom is -0.484 e. The molecule has 0 saturated heterocycles. The zero-order valence-electron chi connectivity index (χ0n) is 14.1. The summed E-state index contributed by atoms with van der Waals surface area (Å²) in [5.74, 6) is 1.58. The number of hydrogen-bond acceptors (Lipinski definition) is 4.